The van der Waals surface area contributed by atoms with Crippen molar-refractivity contribution in [1.82, 2.24) is 10.3 Å². The van der Waals surface area contributed by atoms with Crippen molar-refractivity contribution in [2.75, 3.05) is 13.2 Å². The summed E-state index contributed by atoms with van der Waals surface area (Å²) in [4.78, 5) is 16.3. The number of nitriles is 1. The number of carbonyl (C=O) groups excluding carboxylic acids is 1. The van der Waals surface area contributed by atoms with E-state index in [1.165, 1.54) is 22.3 Å². The molecule has 5 heteroatoms. The van der Waals surface area contributed by atoms with Crippen LogP contribution in [0.4, 0.5) is 4.79 Å². The van der Waals surface area contributed by atoms with Crippen LogP contribution in [0.25, 0.3) is 17.2 Å². The van der Waals surface area contributed by atoms with Gasteiger partial charge in [-0.05, 0) is 40.5 Å². The second kappa shape index (κ2) is 8.41. The number of amides is 1. The van der Waals surface area contributed by atoms with E-state index in [0.29, 0.717) is 17.9 Å². The molecule has 4 rings (SSSR count). The van der Waals surface area contributed by atoms with Crippen molar-refractivity contribution in [1.29, 1.82) is 5.26 Å². The van der Waals surface area contributed by atoms with Gasteiger partial charge in [0.15, 0.2) is 0 Å². The number of nitrogens with one attached hydrogen (secondary N) is 1. The van der Waals surface area contributed by atoms with Gasteiger partial charge >= 0.3 is 6.09 Å². The molecule has 0 saturated carbocycles. The minimum atomic E-state index is -0.463. The molecule has 1 N–H and O–H groups in total. The molecule has 0 fully saturated rings. The highest BCUT2D eigenvalue weighted by molar-refractivity contribution is 5.79. The van der Waals surface area contributed by atoms with Crippen LogP contribution in [0.2, 0.25) is 0 Å². The fourth-order valence-corrected chi connectivity index (χ4v) is 3.58. The first-order valence-corrected chi connectivity index (χ1v) is 9.39. The molecule has 2 aromatic carbocycles. The molecule has 0 aliphatic heterocycles. The van der Waals surface area contributed by atoms with Gasteiger partial charge in [0, 0.05) is 12.5 Å². The molecule has 3 aromatic rings. The number of hydrogen-bond donors (Lipinski definition) is 1. The van der Waals surface area contributed by atoms with Gasteiger partial charge in [0.2, 0.25) is 0 Å². The number of carbonyl (C=O) groups is 1. The third-order valence-electron chi connectivity index (χ3n) is 4.88. The van der Waals surface area contributed by atoms with E-state index in [4.69, 9.17) is 10.00 Å². The molecule has 0 spiro atoms. The predicted molar refractivity (Wildman–Crippen MR) is 111 cm³/mol. The van der Waals surface area contributed by atoms with E-state index < -0.39 is 6.09 Å². The standard InChI is InChI=1S/C24H19N3O2/c25-15-18-8-5-7-17(27-18)9-6-14-26-24(28)29-16-23-21-12-3-1-10-19(21)20-11-2-4-13-22(20)23/h1-13,23H,14,16H2,(H,26,28). The lowest BCUT2D eigenvalue weighted by Crippen LogP contribution is -2.26. The Morgan fingerprint density at radius 2 is 1.72 bits per heavy atom. The first-order chi connectivity index (χ1) is 14.3. The van der Waals surface area contributed by atoms with Gasteiger partial charge in [0.1, 0.15) is 18.4 Å². The summed E-state index contributed by atoms with van der Waals surface area (Å²) in [5.74, 6) is 0.0432. The smallest absolute Gasteiger partial charge is 0.407 e. The fourth-order valence-electron chi connectivity index (χ4n) is 3.58. The van der Waals surface area contributed by atoms with Crippen LogP contribution in [0.3, 0.4) is 0 Å². The Bertz CT molecular complexity index is 1070. The highest BCUT2D eigenvalue weighted by Gasteiger charge is 2.28. The summed E-state index contributed by atoms with van der Waals surface area (Å²) in [5, 5.41) is 11.6. The highest BCUT2D eigenvalue weighted by atomic mass is 16.5. The number of aromatic nitrogens is 1. The van der Waals surface area contributed by atoms with Crippen LogP contribution in [0.1, 0.15) is 28.4 Å². The van der Waals surface area contributed by atoms with Gasteiger partial charge in [-0.3, -0.25) is 0 Å². The Hall–Kier alpha value is -3.91. The molecule has 1 heterocycles. The van der Waals surface area contributed by atoms with Crippen LogP contribution < -0.4 is 5.32 Å². The quantitative estimate of drug-likeness (QED) is 0.706. The Balaban J connectivity index is 1.33. The van der Waals surface area contributed by atoms with Crippen molar-refractivity contribution in [2.45, 2.75) is 5.92 Å². The summed E-state index contributed by atoms with van der Waals surface area (Å²) >= 11 is 0. The first kappa shape index (κ1) is 18.5. The van der Waals surface area contributed by atoms with Crippen LogP contribution in [0.15, 0.2) is 72.8 Å². The number of alkyl carbamates (subject to hydrolysis) is 1. The van der Waals surface area contributed by atoms with Gasteiger partial charge in [-0.25, -0.2) is 9.78 Å². The number of hydrogen-bond acceptors (Lipinski definition) is 4. The fraction of sp³-hybridized carbons (Fsp3) is 0.125. The molecular formula is C24H19N3O2. The zero-order valence-corrected chi connectivity index (χ0v) is 15.7. The topological polar surface area (TPSA) is 75.0 Å². The molecule has 1 aliphatic rings. The maximum Gasteiger partial charge on any atom is 0.407 e. The number of benzene rings is 2. The number of nitrogens with zero attached hydrogens (tertiary/aromatic N) is 2. The van der Waals surface area contributed by atoms with Crippen molar-refractivity contribution >= 4 is 12.2 Å². The molecule has 1 amide bonds. The molecule has 1 aromatic heterocycles. The Morgan fingerprint density at radius 1 is 1.03 bits per heavy atom. The molecule has 142 valence electrons. The highest BCUT2D eigenvalue weighted by Crippen LogP contribution is 2.44. The largest absolute Gasteiger partial charge is 0.449 e. The van der Waals surface area contributed by atoms with E-state index in [0.717, 1.165) is 0 Å². The summed E-state index contributed by atoms with van der Waals surface area (Å²) in [5.41, 5.74) is 5.80. The monoisotopic (exact) mass is 381 g/mol. The third-order valence-corrected chi connectivity index (χ3v) is 4.88. The zero-order chi connectivity index (χ0) is 20.1. The first-order valence-electron chi connectivity index (χ1n) is 9.39. The lowest BCUT2D eigenvalue weighted by atomic mass is 9.98. The van der Waals surface area contributed by atoms with E-state index in [2.05, 4.69) is 34.6 Å². The zero-order valence-electron chi connectivity index (χ0n) is 15.7. The van der Waals surface area contributed by atoms with Crippen LogP contribution in [-0.2, 0) is 4.74 Å². The number of ether oxygens (including phenoxy) is 1. The molecule has 29 heavy (non-hydrogen) atoms. The van der Waals surface area contributed by atoms with Gasteiger partial charge in [-0.15, -0.1) is 0 Å². The van der Waals surface area contributed by atoms with Crippen LogP contribution in [0, 0.1) is 11.3 Å². The summed E-state index contributed by atoms with van der Waals surface area (Å²) in [7, 11) is 0. The molecule has 0 unspecified atom stereocenters. The van der Waals surface area contributed by atoms with Crippen molar-refractivity contribution in [2.24, 2.45) is 0 Å². The van der Waals surface area contributed by atoms with Gasteiger partial charge in [0.05, 0.1) is 5.69 Å². The lowest BCUT2D eigenvalue weighted by molar-refractivity contribution is 0.144. The second-order valence-corrected chi connectivity index (χ2v) is 6.67. The normalized spacial score (nSPS) is 12.2. The number of pyridine rings is 1. The van der Waals surface area contributed by atoms with Crippen molar-refractivity contribution in [3.8, 4) is 17.2 Å². The van der Waals surface area contributed by atoms with Crippen LogP contribution >= 0.6 is 0 Å². The van der Waals surface area contributed by atoms with Crippen molar-refractivity contribution < 1.29 is 9.53 Å². The molecule has 0 bridgehead atoms. The Labute approximate surface area is 169 Å². The molecule has 0 atom stereocenters. The van der Waals surface area contributed by atoms with Crippen molar-refractivity contribution in [3.05, 3.63) is 95.3 Å². The van der Waals surface area contributed by atoms with E-state index in [1.54, 1.807) is 30.4 Å². The second-order valence-electron chi connectivity index (χ2n) is 6.67. The van der Waals surface area contributed by atoms with Crippen LogP contribution in [-0.4, -0.2) is 24.2 Å². The maximum atomic E-state index is 12.1. The summed E-state index contributed by atoms with van der Waals surface area (Å²) in [6.07, 6.45) is 3.06. The molecule has 0 radical (unpaired) electrons. The minimum absolute atomic E-state index is 0.0432. The van der Waals surface area contributed by atoms with E-state index in [1.807, 2.05) is 30.3 Å². The minimum Gasteiger partial charge on any atom is -0.449 e. The van der Waals surface area contributed by atoms with Gasteiger partial charge in [-0.1, -0.05) is 60.7 Å². The summed E-state index contributed by atoms with van der Waals surface area (Å²) in [6.45, 7) is 0.602. The lowest BCUT2D eigenvalue weighted by Gasteiger charge is -2.14. The van der Waals surface area contributed by atoms with Gasteiger partial charge < -0.3 is 10.1 Å². The Morgan fingerprint density at radius 3 is 2.41 bits per heavy atom. The average molecular weight is 381 g/mol. The van der Waals surface area contributed by atoms with E-state index >= 15 is 0 Å². The molecular weight excluding hydrogens is 362 g/mol. The van der Waals surface area contributed by atoms with E-state index in [9.17, 15) is 4.79 Å². The van der Waals surface area contributed by atoms with Crippen molar-refractivity contribution in [3.63, 3.8) is 0 Å². The number of rotatable bonds is 5. The maximum absolute atomic E-state index is 12.1. The molecule has 1 aliphatic carbocycles. The third kappa shape index (κ3) is 4.02. The van der Waals surface area contributed by atoms with Crippen LogP contribution in [0.5, 0.6) is 0 Å². The summed E-state index contributed by atoms with van der Waals surface area (Å²) in [6, 6.07) is 23.7. The average Bonchev–Trinajstić information content (AvgIpc) is 3.09. The summed E-state index contributed by atoms with van der Waals surface area (Å²) < 4.78 is 5.49. The predicted octanol–water partition coefficient (Wildman–Crippen LogP) is 4.51. The number of fused-ring (bicyclic) bond motifs is 3. The Kier molecular flexibility index (Phi) is 5.35. The SMILES string of the molecule is N#Cc1cccc(C=CCNC(=O)OCC2c3ccccc3-c3ccccc32)n1. The van der Waals surface area contributed by atoms with Gasteiger partial charge in [-0.2, -0.15) is 5.26 Å². The molecule has 5 nitrogen and oxygen atoms in total. The van der Waals surface area contributed by atoms with Gasteiger partial charge in [0.25, 0.3) is 0 Å². The van der Waals surface area contributed by atoms with E-state index in [-0.39, 0.29) is 12.5 Å². The molecule has 0 saturated heterocycles.